The summed E-state index contributed by atoms with van der Waals surface area (Å²) < 4.78 is 1.24. The summed E-state index contributed by atoms with van der Waals surface area (Å²) in [6.45, 7) is 0. The molecule has 0 aliphatic rings. The molecule has 0 atom stereocenters. The summed E-state index contributed by atoms with van der Waals surface area (Å²) in [5, 5.41) is 17.1. The molecule has 0 aliphatic carbocycles. The lowest BCUT2D eigenvalue weighted by molar-refractivity contribution is -0.115. The Morgan fingerprint density at radius 1 is 1.21 bits per heavy atom. The first-order valence-electron chi connectivity index (χ1n) is 7.33. The number of nitriles is 1. The minimum Gasteiger partial charge on any atom is -0.326 e. The van der Waals surface area contributed by atoms with Gasteiger partial charge in [0.05, 0.1) is 29.1 Å². The third-order valence-electron chi connectivity index (χ3n) is 3.64. The van der Waals surface area contributed by atoms with Crippen LogP contribution in [-0.4, -0.2) is 15.7 Å². The van der Waals surface area contributed by atoms with Gasteiger partial charge in [0.2, 0.25) is 5.91 Å². The van der Waals surface area contributed by atoms with Crippen molar-refractivity contribution in [2.45, 2.75) is 6.42 Å². The number of amides is 1. The van der Waals surface area contributed by atoms with E-state index in [1.54, 1.807) is 55.6 Å². The highest BCUT2D eigenvalue weighted by Crippen LogP contribution is 2.15. The van der Waals surface area contributed by atoms with Gasteiger partial charge in [0, 0.05) is 18.1 Å². The van der Waals surface area contributed by atoms with Gasteiger partial charge in [0.15, 0.2) is 0 Å². The van der Waals surface area contributed by atoms with Crippen LogP contribution in [0.5, 0.6) is 0 Å². The summed E-state index contributed by atoms with van der Waals surface area (Å²) in [4.78, 5) is 24.4. The average molecular weight is 318 g/mol. The number of benzene rings is 2. The second-order valence-corrected chi connectivity index (χ2v) is 5.34. The van der Waals surface area contributed by atoms with Crippen molar-refractivity contribution in [3.05, 3.63) is 70.1 Å². The van der Waals surface area contributed by atoms with Gasteiger partial charge in [0.25, 0.3) is 5.56 Å². The fourth-order valence-corrected chi connectivity index (χ4v) is 2.53. The SMILES string of the molecule is Cn1nc(CC(=O)Nc2cccc(C#N)c2)c2ccccc2c1=O. The van der Waals surface area contributed by atoms with Crippen LogP contribution in [0.3, 0.4) is 0 Å². The fraction of sp³-hybridized carbons (Fsp3) is 0.111. The van der Waals surface area contributed by atoms with Gasteiger partial charge in [-0.05, 0) is 24.3 Å². The van der Waals surface area contributed by atoms with Crippen LogP contribution < -0.4 is 10.9 Å². The number of nitrogens with zero attached hydrogens (tertiary/aromatic N) is 3. The Balaban J connectivity index is 1.90. The Labute approximate surface area is 138 Å². The molecule has 2 aromatic carbocycles. The zero-order valence-corrected chi connectivity index (χ0v) is 13.0. The van der Waals surface area contributed by atoms with E-state index in [1.165, 1.54) is 4.68 Å². The molecule has 24 heavy (non-hydrogen) atoms. The zero-order valence-electron chi connectivity index (χ0n) is 13.0. The van der Waals surface area contributed by atoms with E-state index < -0.39 is 0 Å². The highest BCUT2D eigenvalue weighted by molar-refractivity contribution is 5.95. The van der Waals surface area contributed by atoms with E-state index in [-0.39, 0.29) is 17.9 Å². The number of rotatable bonds is 3. The molecule has 6 nitrogen and oxygen atoms in total. The molecule has 0 fully saturated rings. The van der Waals surface area contributed by atoms with E-state index in [1.807, 2.05) is 6.07 Å². The number of fused-ring (bicyclic) bond motifs is 1. The summed E-state index contributed by atoms with van der Waals surface area (Å²) in [7, 11) is 1.56. The topological polar surface area (TPSA) is 87.8 Å². The monoisotopic (exact) mass is 318 g/mol. The average Bonchev–Trinajstić information content (AvgIpc) is 2.59. The highest BCUT2D eigenvalue weighted by Gasteiger charge is 2.12. The van der Waals surface area contributed by atoms with E-state index in [0.717, 1.165) is 0 Å². The predicted octanol–water partition coefficient (Wildman–Crippen LogP) is 1.99. The molecule has 0 saturated heterocycles. The number of anilines is 1. The lowest BCUT2D eigenvalue weighted by Crippen LogP contribution is -2.24. The van der Waals surface area contributed by atoms with Crippen LogP contribution in [0.1, 0.15) is 11.3 Å². The van der Waals surface area contributed by atoms with Gasteiger partial charge < -0.3 is 5.32 Å². The van der Waals surface area contributed by atoms with Crippen molar-refractivity contribution in [3.63, 3.8) is 0 Å². The lowest BCUT2D eigenvalue weighted by Gasteiger charge is -2.09. The Morgan fingerprint density at radius 3 is 2.71 bits per heavy atom. The van der Waals surface area contributed by atoms with Crippen LogP contribution in [0.4, 0.5) is 5.69 Å². The maximum atomic E-state index is 12.3. The number of aromatic nitrogens is 2. The number of carbonyl (C=O) groups is 1. The first-order valence-corrected chi connectivity index (χ1v) is 7.33. The number of nitrogens with one attached hydrogen (secondary N) is 1. The molecule has 1 N–H and O–H groups in total. The molecule has 1 amide bonds. The van der Waals surface area contributed by atoms with Crippen molar-refractivity contribution in [1.29, 1.82) is 5.26 Å². The predicted molar refractivity (Wildman–Crippen MR) is 90.5 cm³/mol. The quantitative estimate of drug-likeness (QED) is 0.800. The summed E-state index contributed by atoms with van der Waals surface area (Å²) in [6, 6.07) is 15.8. The van der Waals surface area contributed by atoms with Crippen molar-refractivity contribution in [3.8, 4) is 6.07 Å². The highest BCUT2D eigenvalue weighted by atomic mass is 16.1. The first kappa shape index (κ1) is 15.4. The van der Waals surface area contributed by atoms with Crippen molar-refractivity contribution in [2.75, 3.05) is 5.32 Å². The molecular formula is C18H14N4O2. The molecule has 3 aromatic rings. The second kappa shape index (κ2) is 6.34. The molecule has 0 spiro atoms. The van der Waals surface area contributed by atoms with Gasteiger partial charge in [-0.1, -0.05) is 24.3 Å². The Bertz CT molecular complexity index is 1030. The van der Waals surface area contributed by atoms with Gasteiger partial charge in [0.1, 0.15) is 0 Å². The number of hydrogen-bond donors (Lipinski definition) is 1. The van der Waals surface area contributed by atoms with Crippen molar-refractivity contribution >= 4 is 22.4 Å². The summed E-state index contributed by atoms with van der Waals surface area (Å²) in [5.41, 5.74) is 1.35. The standard InChI is InChI=1S/C18H14N4O2/c1-22-18(24)15-8-3-2-7-14(15)16(21-22)10-17(23)20-13-6-4-5-12(9-13)11-19/h2-9H,10H2,1H3,(H,20,23). The van der Waals surface area contributed by atoms with Crippen molar-refractivity contribution in [2.24, 2.45) is 7.05 Å². The molecular weight excluding hydrogens is 304 g/mol. The van der Waals surface area contributed by atoms with Crippen LogP contribution in [0, 0.1) is 11.3 Å². The molecule has 3 rings (SSSR count). The molecule has 118 valence electrons. The molecule has 1 heterocycles. The van der Waals surface area contributed by atoms with Crippen molar-refractivity contribution < 1.29 is 4.79 Å². The zero-order chi connectivity index (χ0) is 17.1. The molecule has 0 bridgehead atoms. The molecule has 0 unspecified atom stereocenters. The lowest BCUT2D eigenvalue weighted by atomic mass is 10.1. The molecule has 6 heteroatoms. The Morgan fingerprint density at radius 2 is 1.96 bits per heavy atom. The van der Waals surface area contributed by atoms with Crippen LogP contribution in [0.2, 0.25) is 0 Å². The smallest absolute Gasteiger partial charge is 0.274 e. The summed E-state index contributed by atoms with van der Waals surface area (Å²) >= 11 is 0. The van der Waals surface area contributed by atoms with E-state index in [2.05, 4.69) is 10.4 Å². The maximum Gasteiger partial charge on any atom is 0.274 e. The third-order valence-corrected chi connectivity index (χ3v) is 3.64. The second-order valence-electron chi connectivity index (χ2n) is 5.34. The summed E-state index contributed by atoms with van der Waals surface area (Å²) in [6.07, 6.45) is 0.0331. The van der Waals surface area contributed by atoms with Gasteiger partial charge in [-0.2, -0.15) is 10.4 Å². The van der Waals surface area contributed by atoms with Gasteiger partial charge >= 0.3 is 0 Å². The van der Waals surface area contributed by atoms with E-state index in [9.17, 15) is 9.59 Å². The first-order chi connectivity index (χ1) is 11.6. The number of carbonyl (C=O) groups excluding carboxylic acids is 1. The van der Waals surface area contributed by atoms with E-state index >= 15 is 0 Å². The van der Waals surface area contributed by atoms with Gasteiger partial charge in [-0.25, -0.2) is 4.68 Å². The maximum absolute atomic E-state index is 12.3. The van der Waals surface area contributed by atoms with Gasteiger partial charge in [-0.15, -0.1) is 0 Å². The van der Waals surface area contributed by atoms with Gasteiger partial charge in [-0.3, -0.25) is 9.59 Å². The fourth-order valence-electron chi connectivity index (χ4n) is 2.53. The largest absolute Gasteiger partial charge is 0.326 e. The number of aryl methyl sites for hydroxylation is 1. The molecule has 0 saturated carbocycles. The third kappa shape index (κ3) is 3.01. The minimum absolute atomic E-state index is 0.0331. The number of hydrogen-bond acceptors (Lipinski definition) is 4. The van der Waals surface area contributed by atoms with Crippen LogP contribution in [-0.2, 0) is 18.3 Å². The van der Waals surface area contributed by atoms with Crippen LogP contribution >= 0.6 is 0 Å². The van der Waals surface area contributed by atoms with Crippen LogP contribution in [0.15, 0.2) is 53.3 Å². The van der Waals surface area contributed by atoms with Crippen molar-refractivity contribution in [1.82, 2.24) is 9.78 Å². The molecule has 0 aliphatic heterocycles. The normalized spacial score (nSPS) is 10.3. The van der Waals surface area contributed by atoms with E-state index in [0.29, 0.717) is 27.7 Å². The summed E-state index contributed by atoms with van der Waals surface area (Å²) in [5.74, 6) is -0.263. The van der Waals surface area contributed by atoms with E-state index in [4.69, 9.17) is 5.26 Å². The molecule has 0 radical (unpaired) electrons. The Hall–Kier alpha value is -3.46. The minimum atomic E-state index is -0.263. The molecule has 1 aromatic heterocycles. The Kier molecular flexibility index (Phi) is 4.08. The van der Waals surface area contributed by atoms with Crippen LogP contribution in [0.25, 0.3) is 10.8 Å².